The van der Waals surface area contributed by atoms with E-state index in [2.05, 4.69) is 61.8 Å². The summed E-state index contributed by atoms with van der Waals surface area (Å²) in [4.78, 5) is 15.7. The van der Waals surface area contributed by atoms with Crippen molar-refractivity contribution in [3.63, 3.8) is 0 Å². The van der Waals surface area contributed by atoms with Gasteiger partial charge in [-0.15, -0.1) is 0 Å². The summed E-state index contributed by atoms with van der Waals surface area (Å²) in [6.07, 6.45) is 5.92. The van der Waals surface area contributed by atoms with E-state index in [1.54, 1.807) is 31.5 Å². The molecule has 0 amide bonds. The summed E-state index contributed by atoms with van der Waals surface area (Å²) in [5.41, 5.74) is 7.21. The average molecular weight is 472 g/mol. The number of likely N-dealkylation sites (N-methyl/N-ethyl adjacent to an activating group) is 1. The molecule has 1 aliphatic carbocycles. The number of hydrogen-bond acceptors (Lipinski definition) is 8. The Labute approximate surface area is 199 Å². The summed E-state index contributed by atoms with van der Waals surface area (Å²) in [5.74, 6) is 1.20. The Morgan fingerprint density at radius 2 is 1.94 bits per heavy atom. The van der Waals surface area contributed by atoms with Crippen LogP contribution >= 0.6 is 7.14 Å². The standard InChI is InChI=1S/C25H26N7OP/c1-32-14-17-7-4-6-16-10-20(11-18(15-32)23(16)17)28-25-27-13-19(12-26)24(31-25)30-21-8-5-9-22(29-21)34(2,3)33/h5,7-11,13H,4,6,14-15H2,1-3H3,(H2,27,28,29,30,31). The molecule has 34 heavy (non-hydrogen) atoms. The van der Waals surface area contributed by atoms with Crippen LogP contribution in [0.3, 0.4) is 0 Å². The van der Waals surface area contributed by atoms with Crippen molar-refractivity contribution in [1.82, 2.24) is 19.9 Å². The predicted molar refractivity (Wildman–Crippen MR) is 136 cm³/mol. The van der Waals surface area contributed by atoms with Crippen molar-refractivity contribution in [3.05, 3.63) is 64.9 Å². The highest BCUT2D eigenvalue weighted by atomic mass is 31.2. The van der Waals surface area contributed by atoms with Crippen LogP contribution in [-0.2, 0) is 17.5 Å². The first-order valence-electron chi connectivity index (χ1n) is 11.2. The lowest BCUT2D eigenvalue weighted by Crippen LogP contribution is -2.27. The molecule has 2 N–H and O–H groups in total. The number of nitrogens with zero attached hydrogens (tertiary/aromatic N) is 5. The number of aromatic nitrogens is 3. The smallest absolute Gasteiger partial charge is 0.229 e. The molecule has 0 unspecified atom stereocenters. The van der Waals surface area contributed by atoms with Crippen molar-refractivity contribution in [1.29, 1.82) is 5.26 Å². The fourth-order valence-corrected chi connectivity index (χ4v) is 5.32. The van der Waals surface area contributed by atoms with Crippen molar-refractivity contribution in [2.24, 2.45) is 0 Å². The summed E-state index contributed by atoms with van der Waals surface area (Å²) in [6, 6.07) is 11.7. The van der Waals surface area contributed by atoms with Crippen LogP contribution in [0.15, 0.2) is 42.6 Å². The largest absolute Gasteiger partial charge is 0.324 e. The molecule has 9 heteroatoms. The normalized spacial score (nSPS) is 15.2. The van der Waals surface area contributed by atoms with Gasteiger partial charge in [-0.25, -0.2) is 9.97 Å². The molecule has 2 aromatic heterocycles. The molecular weight excluding hydrogens is 445 g/mol. The molecule has 5 rings (SSSR count). The molecule has 1 aliphatic heterocycles. The van der Waals surface area contributed by atoms with Gasteiger partial charge in [0.1, 0.15) is 30.0 Å². The zero-order chi connectivity index (χ0) is 23.9. The number of nitrogens with one attached hydrogen (secondary N) is 2. The first-order valence-corrected chi connectivity index (χ1v) is 13.8. The van der Waals surface area contributed by atoms with Crippen molar-refractivity contribution < 1.29 is 4.57 Å². The molecule has 0 bridgehead atoms. The lowest BCUT2D eigenvalue weighted by atomic mass is 9.84. The number of pyridine rings is 1. The van der Waals surface area contributed by atoms with Crippen molar-refractivity contribution in [2.75, 3.05) is 37.6 Å². The minimum Gasteiger partial charge on any atom is -0.324 e. The van der Waals surface area contributed by atoms with Crippen LogP contribution in [0, 0.1) is 11.3 Å². The number of rotatable bonds is 5. The molecule has 0 saturated carbocycles. The fourth-order valence-electron chi connectivity index (χ4n) is 4.52. The van der Waals surface area contributed by atoms with Crippen LogP contribution in [0.4, 0.5) is 23.3 Å². The van der Waals surface area contributed by atoms with E-state index in [4.69, 9.17) is 0 Å². The third-order valence-corrected chi connectivity index (χ3v) is 7.36. The van der Waals surface area contributed by atoms with Gasteiger partial charge in [-0.2, -0.15) is 10.2 Å². The highest BCUT2D eigenvalue weighted by molar-refractivity contribution is 7.69. The molecule has 0 saturated heterocycles. The van der Waals surface area contributed by atoms with Crippen molar-refractivity contribution >= 4 is 41.4 Å². The number of allylic oxidation sites excluding steroid dienone is 1. The minimum absolute atomic E-state index is 0.297. The molecule has 3 aromatic rings. The number of anilines is 4. The lowest BCUT2D eigenvalue weighted by Gasteiger charge is -2.32. The number of nitriles is 1. The van der Waals surface area contributed by atoms with Gasteiger partial charge in [-0.3, -0.25) is 4.90 Å². The van der Waals surface area contributed by atoms with E-state index < -0.39 is 7.14 Å². The van der Waals surface area contributed by atoms with E-state index in [0.717, 1.165) is 31.6 Å². The van der Waals surface area contributed by atoms with E-state index in [0.29, 0.717) is 28.6 Å². The SMILES string of the molecule is CN1CC2=CCCc3cc(Nc4ncc(C#N)c(Nc5cccc(P(C)(C)=O)n5)n4)cc(c32)C1. The molecule has 172 valence electrons. The molecule has 1 aromatic carbocycles. The van der Waals surface area contributed by atoms with Gasteiger partial charge in [-0.1, -0.05) is 12.1 Å². The summed E-state index contributed by atoms with van der Waals surface area (Å²) < 4.78 is 12.4. The monoisotopic (exact) mass is 471 g/mol. The van der Waals surface area contributed by atoms with Crippen LogP contribution in [0.1, 0.15) is 28.7 Å². The summed E-state index contributed by atoms with van der Waals surface area (Å²) in [5, 5.41) is 16.0. The van der Waals surface area contributed by atoms with Gasteiger partial charge >= 0.3 is 0 Å². The number of benzene rings is 1. The van der Waals surface area contributed by atoms with E-state index in [1.807, 2.05) is 0 Å². The Morgan fingerprint density at radius 3 is 2.74 bits per heavy atom. The zero-order valence-electron chi connectivity index (χ0n) is 19.5. The molecule has 0 fully saturated rings. The molecule has 3 heterocycles. The Kier molecular flexibility index (Phi) is 5.68. The predicted octanol–water partition coefficient (Wildman–Crippen LogP) is 4.25. The van der Waals surface area contributed by atoms with Crippen LogP contribution in [0.25, 0.3) is 5.57 Å². The third-order valence-electron chi connectivity index (χ3n) is 6.01. The number of aryl methyl sites for hydroxylation is 1. The van der Waals surface area contributed by atoms with Crippen LogP contribution < -0.4 is 16.1 Å². The topological polar surface area (TPSA) is 107 Å². The van der Waals surface area contributed by atoms with Gasteiger partial charge < -0.3 is 15.2 Å². The van der Waals surface area contributed by atoms with E-state index in [-0.39, 0.29) is 0 Å². The van der Waals surface area contributed by atoms with Crippen LogP contribution in [0.2, 0.25) is 0 Å². The molecule has 0 radical (unpaired) electrons. The quantitative estimate of drug-likeness (QED) is 0.532. The third kappa shape index (κ3) is 4.45. The summed E-state index contributed by atoms with van der Waals surface area (Å²) in [7, 11) is -0.377. The maximum absolute atomic E-state index is 12.4. The second-order valence-corrected chi connectivity index (χ2v) is 12.3. The Bertz CT molecular complexity index is 1400. The highest BCUT2D eigenvalue weighted by Gasteiger charge is 2.24. The van der Waals surface area contributed by atoms with E-state index >= 15 is 0 Å². The summed E-state index contributed by atoms with van der Waals surface area (Å²) in [6.45, 7) is 5.24. The van der Waals surface area contributed by atoms with Crippen LogP contribution in [0.5, 0.6) is 0 Å². The Hall–Kier alpha value is -3.53. The first kappa shape index (κ1) is 22.3. The fraction of sp³-hybridized carbons (Fsp3) is 0.280. The number of hydrogen-bond donors (Lipinski definition) is 2. The van der Waals surface area contributed by atoms with Gasteiger partial charge in [0.25, 0.3) is 0 Å². The molecule has 2 aliphatic rings. The summed E-state index contributed by atoms with van der Waals surface area (Å²) >= 11 is 0. The second kappa shape index (κ2) is 8.68. The van der Waals surface area contributed by atoms with Gasteiger partial charge in [0.15, 0.2) is 5.82 Å². The second-order valence-electron chi connectivity index (χ2n) is 9.16. The van der Waals surface area contributed by atoms with Gasteiger partial charge in [0.2, 0.25) is 5.95 Å². The molecule has 0 atom stereocenters. The molecular formula is C25H26N7OP. The maximum atomic E-state index is 12.4. The van der Waals surface area contributed by atoms with Crippen LogP contribution in [-0.4, -0.2) is 46.8 Å². The zero-order valence-corrected chi connectivity index (χ0v) is 20.4. The molecule has 0 spiro atoms. The minimum atomic E-state index is -2.51. The molecule has 8 nitrogen and oxygen atoms in total. The maximum Gasteiger partial charge on any atom is 0.229 e. The van der Waals surface area contributed by atoms with E-state index in [1.165, 1.54) is 28.5 Å². The first-order chi connectivity index (χ1) is 16.3. The average Bonchev–Trinajstić information content (AvgIpc) is 2.79. The van der Waals surface area contributed by atoms with Gasteiger partial charge in [-0.05, 0) is 79.7 Å². The lowest BCUT2D eigenvalue weighted by molar-refractivity contribution is 0.358. The Morgan fingerprint density at radius 1 is 1.12 bits per heavy atom. The van der Waals surface area contributed by atoms with Crippen molar-refractivity contribution in [3.8, 4) is 6.07 Å². The van der Waals surface area contributed by atoms with Crippen molar-refractivity contribution in [2.45, 2.75) is 19.4 Å². The Balaban J connectivity index is 1.45. The van der Waals surface area contributed by atoms with Gasteiger partial charge in [0.05, 0.1) is 6.20 Å². The van der Waals surface area contributed by atoms with Gasteiger partial charge in [0, 0.05) is 18.8 Å². The van der Waals surface area contributed by atoms with E-state index in [9.17, 15) is 9.83 Å². The highest BCUT2D eigenvalue weighted by Crippen LogP contribution is 2.37.